The van der Waals surface area contributed by atoms with Crippen LogP contribution in [-0.4, -0.2) is 26.6 Å². The van der Waals surface area contributed by atoms with Gasteiger partial charge in [-0.1, -0.05) is 54.6 Å². The summed E-state index contributed by atoms with van der Waals surface area (Å²) in [6.07, 6.45) is 2.02. The van der Waals surface area contributed by atoms with Crippen molar-refractivity contribution >= 4 is 40.0 Å². The van der Waals surface area contributed by atoms with Crippen LogP contribution in [-0.2, 0) is 0 Å². The van der Waals surface area contributed by atoms with E-state index < -0.39 is 7.12 Å². The third kappa shape index (κ3) is 2.22. The van der Waals surface area contributed by atoms with E-state index >= 15 is 0 Å². The molecule has 4 nitrogen and oxygen atoms in total. The first-order valence-corrected chi connectivity index (χ1v) is 8.47. The van der Waals surface area contributed by atoms with Crippen LogP contribution in [0.2, 0.25) is 0 Å². The van der Waals surface area contributed by atoms with Gasteiger partial charge in [0.2, 0.25) is 0 Å². The van der Waals surface area contributed by atoms with Crippen LogP contribution in [0.1, 0.15) is 0 Å². The number of aromatic nitrogens is 2. The third-order valence-corrected chi connectivity index (χ3v) is 4.84. The van der Waals surface area contributed by atoms with Crippen LogP contribution in [0, 0.1) is 0 Å². The van der Waals surface area contributed by atoms with E-state index in [2.05, 4.69) is 22.6 Å². The number of imidazole rings is 1. The second-order valence-corrected chi connectivity index (χ2v) is 6.37. The van der Waals surface area contributed by atoms with Gasteiger partial charge in [0.25, 0.3) is 0 Å². The van der Waals surface area contributed by atoms with Gasteiger partial charge in [0.15, 0.2) is 0 Å². The molecule has 0 amide bonds. The van der Waals surface area contributed by atoms with Crippen LogP contribution in [0.25, 0.3) is 38.6 Å². The SMILES string of the molecule is OB(O)c1ccc(-c2cc3c(nc4ccccn43)c3ccccc23)cc1. The Balaban J connectivity index is 1.87. The average Bonchev–Trinajstić information content (AvgIpc) is 3.06. The molecule has 0 unspecified atom stereocenters. The van der Waals surface area contributed by atoms with E-state index in [0.29, 0.717) is 5.46 Å². The van der Waals surface area contributed by atoms with Crippen molar-refractivity contribution in [3.8, 4) is 11.1 Å². The van der Waals surface area contributed by atoms with Gasteiger partial charge in [-0.05, 0) is 40.2 Å². The Morgan fingerprint density at radius 1 is 0.808 bits per heavy atom. The Hall–Kier alpha value is -3.15. The molecule has 2 aromatic heterocycles. The first-order chi connectivity index (χ1) is 12.7. The number of rotatable bonds is 2. The van der Waals surface area contributed by atoms with Crippen LogP contribution in [0.3, 0.4) is 0 Å². The molecule has 2 heterocycles. The third-order valence-electron chi connectivity index (χ3n) is 4.84. The monoisotopic (exact) mass is 338 g/mol. The average molecular weight is 338 g/mol. The maximum Gasteiger partial charge on any atom is 0.488 e. The largest absolute Gasteiger partial charge is 0.488 e. The number of hydrogen-bond acceptors (Lipinski definition) is 3. The lowest BCUT2D eigenvalue weighted by Crippen LogP contribution is -2.29. The van der Waals surface area contributed by atoms with Crippen molar-refractivity contribution in [3.63, 3.8) is 0 Å². The lowest BCUT2D eigenvalue weighted by atomic mass is 9.79. The second-order valence-electron chi connectivity index (χ2n) is 6.37. The molecule has 0 aliphatic heterocycles. The van der Waals surface area contributed by atoms with Gasteiger partial charge in [-0.2, -0.15) is 0 Å². The molecule has 0 saturated heterocycles. The molecule has 124 valence electrons. The van der Waals surface area contributed by atoms with E-state index in [-0.39, 0.29) is 0 Å². The molecule has 5 aromatic rings. The highest BCUT2D eigenvalue weighted by molar-refractivity contribution is 6.58. The van der Waals surface area contributed by atoms with Crippen LogP contribution < -0.4 is 5.46 Å². The predicted molar refractivity (Wildman–Crippen MR) is 105 cm³/mol. The van der Waals surface area contributed by atoms with E-state index in [1.54, 1.807) is 12.1 Å². The van der Waals surface area contributed by atoms with E-state index in [1.165, 1.54) is 0 Å². The number of hydrogen-bond donors (Lipinski definition) is 2. The fourth-order valence-electron chi connectivity index (χ4n) is 3.56. The fraction of sp³-hybridized carbons (Fsp3) is 0. The molecule has 0 aliphatic rings. The molecule has 0 spiro atoms. The summed E-state index contributed by atoms with van der Waals surface area (Å²) in [6, 6.07) is 23.7. The van der Waals surface area contributed by atoms with Crippen LogP contribution in [0.15, 0.2) is 79.0 Å². The molecule has 0 fully saturated rings. The molecule has 26 heavy (non-hydrogen) atoms. The molecular formula is C21H15BN2O2. The molecule has 5 heteroatoms. The van der Waals surface area contributed by atoms with E-state index in [1.807, 2.05) is 48.7 Å². The van der Waals surface area contributed by atoms with Crippen LogP contribution >= 0.6 is 0 Å². The van der Waals surface area contributed by atoms with Gasteiger partial charge in [-0.15, -0.1) is 0 Å². The van der Waals surface area contributed by atoms with E-state index in [9.17, 15) is 10.0 Å². The minimum Gasteiger partial charge on any atom is -0.423 e. The quantitative estimate of drug-likeness (QED) is 0.487. The second kappa shape index (κ2) is 5.69. The Kier molecular flexibility index (Phi) is 3.32. The molecule has 0 atom stereocenters. The Bertz CT molecular complexity index is 1260. The van der Waals surface area contributed by atoms with Gasteiger partial charge in [-0.3, -0.25) is 4.40 Å². The smallest absolute Gasteiger partial charge is 0.423 e. The number of nitrogens with zero attached hydrogens (tertiary/aromatic N) is 2. The number of fused-ring (bicyclic) bond motifs is 5. The van der Waals surface area contributed by atoms with E-state index in [4.69, 9.17) is 4.98 Å². The Morgan fingerprint density at radius 3 is 2.31 bits per heavy atom. The Labute approximate surface area is 150 Å². The van der Waals surface area contributed by atoms with Crippen molar-refractivity contribution in [1.29, 1.82) is 0 Å². The summed E-state index contributed by atoms with van der Waals surface area (Å²) in [5.74, 6) is 0. The molecular weight excluding hydrogens is 323 g/mol. The molecule has 0 aliphatic carbocycles. The summed E-state index contributed by atoms with van der Waals surface area (Å²) >= 11 is 0. The molecule has 0 radical (unpaired) electrons. The maximum atomic E-state index is 9.33. The van der Waals surface area contributed by atoms with E-state index in [0.717, 1.165) is 38.6 Å². The summed E-state index contributed by atoms with van der Waals surface area (Å²) in [5.41, 5.74) is 5.56. The number of benzene rings is 3. The first-order valence-electron chi connectivity index (χ1n) is 8.47. The van der Waals surface area contributed by atoms with Crippen molar-refractivity contribution in [2.24, 2.45) is 0 Å². The van der Waals surface area contributed by atoms with Gasteiger partial charge in [0, 0.05) is 11.6 Å². The summed E-state index contributed by atoms with van der Waals surface area (Å²) in [6.45, 7) is 0. The predicted octanol–water partition coefficient (Wildman–Crippen LogP) is 2.99. The van der Waals surface area contributed by atoms with Gasteiger partial charge in [-0.25, -0.2) is 4.98 Å². The standard InChI is InChI=1S/C21H15BN2O2/c25-22(26)15-10-8-14(9-11-15)18-13-19-21(17-6-2-1-5-16(17)18)23-20-7-3-4-12-24(19)20/h1-13,25-26H. The van der Waals surface area contributed by atoms with Crippen LogP contribution in [0.5, 0.6) is 0 Å². The van der Waals surface area contributed by atoms with Gasteiger partial charge < -0.3 is 10.0 Å². The lowest BCUT2D eigenvalue weighted by Gasteiger charge is -2.09. The summed E-state index contributed by atoms with van der Waals surface area (Å²) in [7, 11) is -1.46. The fourth-order valence-corrected chi connectivity index (χ4v) is 3.56. The van der Waals surface area contributed by atoms with Gasteiger partial charge >= 0.3 is 7.12 Å². The zero-order valence-corrected chi connectivity index (χ0v) is 13.9. The summed E-state index contributed by atoms with van der Waals surface area (Å²) < 4.78 is 2.09. The zero-order valence-electron chi connectivity index (χ0n) is 13.9. The maximum absolute atomic E-state index is 9.33. The molecule has 2 N–H and O–H groups in total. The molecule has 0 bridgehead atoms. The highest BCUT2D eigenvalue weighted by Gasteiger charge is 2.14. The van der Waals surface area contributed by atoms with Crippen molar-refractivity contribution in [3.05, 3.63) is 79.0 Å². The van der Waals surface area contributed by atoms with Gasteiger partial charge in [0.05, 0.1) is 11.0 Å². The highest BCUT2D eigenvalue weighted by Crippen LogP contribution is 2.34. The Morgan fingerprint density at radius 2 is 1.54 bits per heavy atom. The highest BCUT2D eigenvalue weighted by atomic mass is 16.4. The van der Waals surface area contributed by atoms with Crippen molar-refractivity contribution in [1.82, 2.24) is 9.38 Å². The number of pyridine rings is 1. The summed E-state index contributed by atoms with van der Waals surface area (Å²) in [4.78, 5) is 4.81. The van der Waals surface area contributed by atoms with Gasteiger partial charge in [0.1, 0.15) is 5.65 Å². The first kappa shape index (κ1) is 15.1. The molecule has 5 rings (SSSR count). The minimum atomic E-state index is -1.46. The lowest BCUT2D eigenvalue weighted by molar-refractivity contribution is 0.426. The zero-order chi connectivity index (χ0) is 17.7. The van der Waals surface area contributed by atoms with Crippen molar-refractivity contribution < 1.29 is 10.0 Å². The van der Waals surface area contributed by atoms with Crippen molar-refractivity contribution in [2.75, 3.05) is 0 Å². The summed E-state index contributed by atoms with van der Waals surface area (Å²) in [5, 5.41) is 20.9. The van der Waals surface area contributed by atoms with Crippen LogP contribution in [0.4, 0.5) is 0 Å². The molecule has 3 aromatic carbocycles. The topological polar surface area (TPSA) is 57.8 Å². The minimum absolute atomic E-state index is 0.480. The van der Waals surface area contributed by atoms with Crippen molar-refractivity contribution in [2.45, 2.75) is 0 Å². The normalized spacial score (nSPS) is 11.5. The molecule has 0 saturated carbocycles.